The van der Waals surface area contributed by atoms with Crippen molar-refractivity contribution in [2.24, 2.45) is 0 Å². The minimum atomic E-state index is -1.58. The van der Waals surface area contributed by atoms with E-state index in [9.17, 15) is 0 Å². The molecule has 0 heterocycles. The van der Waals surface area contributed by atoms with Crippen LogP contribution >= 0.6 is 0 Å². The number of Topliss-reactive ketones (excluding diaryl/α,β-unsaturated/α-hetero) is 1. The molecule has 0 aliphatic carbocycles. The van der Waals surface area contributed by atoms with Crippen molar-refractivity contribution >= 4 is 5.78 Å². The summed E-state index contributed by atoms with van der Waals surface area (Å²) in [6, 6.07) is 0. The molecule has 5 nitrogen and oxygen atoms in total. The Morgan fingerprint density at radius 3 is 0.967 bits per heavy atom. The molecule has 0 aliphatic heterocycles. The molecule has 0 radical (unpaired) electrons. The van der Waals surface area contributed by atoms with Crippen molar-refractivity contribution in [1.29, 1.82) is 0 Å². The molecule has 3 atom stereocenters. The summed E-state index contributed by atoms with van der Waals surface area (Å²) in [5.74, 6) is -0.0577. The molecule has 0 aromatic rings. The van der Waals surface area contributed by atoms with Gasteiger partial charge in [0.25, 0.3) is 0 Å². The predicted molar refractivity (Wildman–Crippen MR) is 262 cm³/mol. The van der Waals surface area contributed by atoms with E-state index in [2.05, 4.69) is 179 Å². The van der Waals surface area contributed by atoms with E-state index in [4.69, 9.17) is 18.9 Å². The van der Waals surface area contributed by atoms with Crippen LogP contribution in [0, 0.1) is 0 Å². The van der Waals surface area contributed by atoms with Gasteiger partial charge in [0.15, 0.2) is 11.4 Å². The topological polar surface area (TPSA) is 54.0 Å². The molecule has 0 bridgehead atoms. The minimum Gasteiger partial charge on any atom is -0.367 e. The first-order chi connectivity index (χ1) is 27.8. The van der Waals surface area contributed by atoms with Crippen LogP contribution in [0.1, 0.15) is 177 Å². The normalized spacial score (nSPS) is 14.1. The van der Waals surface area contributed by atoms with Gasteiger partial charge in [-0.15, -0.1) is 0 Å². The fraction of sp³-hybridized carbons (Fsp3) is 0.618. The van der Waals surface area contributed by atoms with Gasteiger partial charge in [-0.2, -0.15) is 0 Å². The first-order valence-corrected chi connectivity index (χ1v) is 22.3. The number of hydrogen-bond acceptors (Lipinski definition) is 5. The van der Waals surface area contributed by atoms with Crippen molar-refractivity contribution in [1.82, 2.24) is 0 Å². The maximum absolute atomic E-state index is 16.1. The molecule has 0 amide bonds. The van der Waals surface area contributed by atoms with Crippen LogP contribution in [0.4, 0.5) is 0 Å². The number of carbonyl (C=O) groups is 1. The Kier molecular flexibility index (Phi) is 26.3. The molecule has 5 heteroatoms. The number of allylic oxidation sites excluding steroid dienone is 11. The second-order valence-corrected chi connectivity index (χ2v) is 19.2. The highest BCUT2D eigenvalue weighted by Gasteiger charge is 2.73. The molecule has 0 saturated carbocycles. The van der Waals surface area contributed by atoms with Crippen LogP contribution < -0.4 is 0 Å². The van der Waals surface area contributed by atoms with Crippen LogP contribution in [0.2, 0.25) is 0 Å². The van der Waals surface area contributed by atoms with Gasteiger partial charge >= 0.3 is 0 Å². The van der Waals surface area contributed by atoms with Crippen LogP contribution in [-0.2, 0) is 23.7 Å². The molecule has 340 valence electrons. The van der Waals surface area contributed by atoms with Crippen molar-refractivity contribution in [3.05, 3.63) is 116 Å². The van der Waals surface area contributed by atoms with Crippen LogP contribution in [0.15, 0.2) is 116 Å². The van der Waals surface area contributed by atoms with Crippen molar-refractivity contribution in [3.63, 3.8) is 0 Å². The van der Waals surface area contributed by atoms with Crippen LogP contribution in [0.5, 0.6) is 0 Å². The second-order valence-electron chi connectivity index (χ2n) is 19.2. The molecular formula is C55H90O5. The Bertz CT molecular complexity index is 1620. The molecule has 60 heavy (non-hydrogen) atoms. The van der Waals surface area contributed by atoms with Crippen LogP contribution in [0.3, 0.4) is 0 Å². The molecular weight excluding hydrogens is 741 g/mol. The predicted octanol–water partition coefficient (Wildman–Crippen LogP) is 15.6. The third-order valence-corrected chi connectivity index (χ3v) is 10.6. The van der Waals surface area contributed by atoms with E-state index in [-0.39, 0.29) is 38.4 Å². The summed E-state index contributed by atoms with van der Waals surface area (Å²) in [6.07, 6.45) is 23.8. The number of ketones is 1. The van der Waals surface area contributed by atoms with Gasteiger partial charge in [-0.3, -0.25) is 4.79 Å². The highest BCUT2D eigenvalue weighted by molar-refractivity contribution is 5.91. The summed E-state index contributed by atoms with van der Waals surface area (Å²) >= 11 is 0. The number of rotatable bonds is 28. The summed E-state index contributed by atoms with van der Waals surface area (Å²) in [4.78, 5) is 16.1. The number of hydrogen-bond donors (Lipinski definition) is 0. The van der Waals surface area contributed by atoms with Gasteiger partial charge in [-0.25, -0.2) is 0 Å². The summed E-state index contributed by atoms with van der Waals surface area (Å²) in [6.45, 7) is 43.0. The lowest BCUT2D eigenvalue weighted by Crippen LogP contribution is -2.79. The third-order valence-electron chi connectivity index (χ3n) is 10.6. The average molecular weight is 831 g/mol. The first kappa shape index (κ1) is 56.9. The molecule has 0 saturated heterocycles. The maximum Gasteiger partial charge on any atom is 0.171 e. The summed E-state index contributed by atoms with van der Waals surface area (Å²) in [5.41, 5.74) is 5.69. The molecule has 0 aliphatic rings. The first-order valence-electron chi connectivity index (χ1n) is 22.3. The smallest absolute Gasteiger partial charge is 0.171 e. The highest BCUT2D eigenvalue weighted by Crippen LogP contribution is 2.57. The van der Waals surface area contributed by atoms with Crippen molar-refractivity contribution < 1.29 is 23.7 Å². The van der Waals surface area contributed by atoms with E-state index >= 15 is 4.79 Å². The van der Waals surface area contributed by atoms with Crippen molar-refractivity contribution in [2.75, 3.05) is 26.4 Å². The largest absolute Gasteiger partial charge is 0.367 e. The van der Waals surface area contributed by atoms with E-state index in [1.807, 2.05) is 19.9 Å². The maximum atomic E-state index is 16.1. The quantitative estimate of drug-likeness (QED) is 0.0735. The van der Waals surface area contributed by atoms with E-state index < -0.39 is 22.4 Å². The van der Waals surface area contributed by atoms with Crippen LogP contribution in [0.25, 0.3) is 0 Å². The van der Waals surface area contributed by atoms with E-state index in [0.29, 0.717) is 32.3 Å². The van der Waals surface area contributed by atoms with Gasteiger partial charge in [0.05, 0.1) is 26.4 Å². The average Bonchev–Trinajstić information content (AvgIpc) is 3.12. The Morgan fingerprint density at radius 2 is 0.600 bits per heavy atom. The second kappa shape index (κ2) is 27.8. The molecule has 0 aromatic carbocycles. The lowest BCUT2D eigenvalue weighted by molar-refractivity contribution is -0.328. The number of carbonyl (C=O) groups excluding carboxylic acids is 1. The fourth-order valence-electron chi connectivity index (χ4n) is 7.04. The van der Waals surface area contributed by atoms with Crippen molar-refractivity contribution in [2.45, 2.75) is 199 Å². The Labute approximate surface area is 370 Å². The van der Waals surface area contributed by atoms with Crippen LogP contribution in [-0.4, -0.2) is 54.6 Å². The molecule has 0 N–H and O–H groups in total. The van der Waals surface area contributed by atoms with Gasteiger partial charge in [0.2, 0.25) is 0 Å². The summed E-state index contributed by atoms with van der Waals surface area (Å²) in [7, 11) is 0. The highest BCUT2D eigenvalue weighted by atomic mass is 16.6. The SMILES string of the molecule is CC(C)=CCOC(CC=C(C)C)(CC=C(C)C)[C@@](CC=C(C)C)(OCC=C(C)C)[C@@](CC=C(C)C)(OCC=C(C)C)[C@@](CC=C(C)C)(OCC=C(C)C)C(=O)CC=C(C)C. The standard InChI is InChI=1S/C55H90O5/c1-41(2)21-22-51(56)53(34-25-44(7)8,58-38-29-48(15)16)55(36-27-46(11)12,60-40-31-50(19)20)54(35-26-45(9)10,59-39-30-49(17)18)52(32-23-42(3)4,33-24-43(5)6)57-37-28-47(13)14/h21,23-31H,22,32-40H2,1-20H3/t53-,54+,55-/m0/s1. The molecule has 0 spiro atoms. The summed E-state index contributed by atoms with van der Waals surface area (Å²) < 4.78 is 30.8. The Morgan fingerprint density at radius 1 is 0.317 bits per heavy atom. The van der Waals surface area contributed by atoms with Gasteiger partial charge in [-0.05, 0) is 151 Å². The zero-order valence-corrected chi connectivity index (χ0v) is 42.4. The Hall–Kier alpha value is -3.09. The van der Waals surface area contributed by atoms with E-state index in [1.165, 1.54) is 11.1 Å². The minimum absolute atomic E-state index is 0.0577. The zero-order chi connectivity index (χ0) is 46.3. The molecule has 0 unspecified atom stereocenters. The third kappa shape index (κ3) is 18.5. The molecule has 0 fully saturated rings. The molecule has 0 aromatic heterocycles. The van der Waals surface area contributed by atoms with E-state index in [0.717, 1.165) is 44.6 Å². The van der Waals surface area contributed by atoms with Gasteiger partial charge < -0.3 is 18.9 Å². The van der Waals surface area contributed by atoms with Gasteiger partial charge in [-0.1, -0.05) is 116 Å². The Balaban J connectivity index is 10.4. The zero-order valence-electron chi connectivity index (χ0n) is 42.4. The fourth-order valence-corrected chi connectivity index (χ4v) is 7.04. The number of ether oxygens (including phenoxy) is 4. The monoisotopic (exact) mass is 831 g/mol. The van der Waals surface area contributed by atoms with Crippen molar-refractivity contribution in [3.8, 4) is 0 Å². The van der Waals surface area contributed by atoms with Gasteiger partial charge in [0, 0.05) is 25.7 Å². The lowest BCUT2D eigenvalue weighted by Gasteiger charge is -2.63. The van der Waals surface area contributed by atoms with E-state index in [1.54, 1.807) is 0 Å². The van der Waals surface area contributed by atoms with Gasteiger partial charge in [0.1, 0.15) is 16.8 Å². The molecule has 0 rings (SSSR count). The lowest BCUT2D eigenvalue weighted by atomic mass is 9.56. The summed E-state index contributed by atoms with van der Waals surface area (Å²) in [5, 5.41) is 0.